The molecule has 1 aliphatic heterocycles. The smallest absolute Gasteiger partial charge is 0.196 e. The number of benzene rings is 1. The Bertz CT molecular complexity index is 1480. The molecule has 1 aromatic carbocycles. The number of Topliss-reactive ketones (excluding diaryl/α,β-unsaturated/α-hetero) is 1. The van der Waals surface area contributed by atoms with Crippen molar-refractivity contribution in [2.24, 2.45) is 11.8 Å². The van der Waals surface area contributed by atoms with Crippen molar-refractivity contribution in [1.82, 2.24) is 4.90 Å². The summed E-state index contributed by atoms with van der Waals surface area (Å²) in [4.78, 5) is 15.6. The highest BCUT2D eigenvalue weighted by molar-refractivity contribution is 8.03. The monoisotopic (exact) mass is 584 g/mol. The van der Waals surface area contributed by atoms with Crippen molar-refractivity contribution in [3.8, 4) is 6.07 Å². The number of ketones is 1. The van der Waals surface area contributed by atoms with E-state index in [1.54, 1.807) is 29.5 Å². The molecule has 2 aliphatic rings. The van der Waals surface area contributed by atoms with E-state index >= 15 is 0 Å². The third-order valence-electron chi connectivity index (χ3n) is 6.79. The summed E-state index contributed by atoms with van der Waals surface area (Å²) in [6.07, 6.45) is 8.10. The highest BCUT2D eigenvalue weighted by Gasteiger charge is 2.32. The normalized spacial score (nSPS) is 20.1. The number of hydrogen-bond acceptors (Lipinski definition) is 7. The zero-order valence-electron chi connectivity index (χ0n) is 21.4. The van der Waals surface area contributed by atoms with E-state index in [1.807, 2.05) is 29.4 Å². The first-order valence-electron chi connectivity index (χ1n) is 12.2. The number of thiophene rings is 1. The van der Waals surface area contributed by atoms with Crippen molar-refractivity contribution < 1.29 is 13.2 Å². The largest absolute Gasteiger partial charge is 0.355 e. The third kappa shape index (κ3) is 6.70. The molecule has 0 radical (unpaired) electrons. The zero-order valence-corrected chi connectivity index (χ0v) is 24.6. The maximum absolute atomic E-state index is 13.5. The van der Waals surface area contributed by atoms with E-state index in [4.69, 9.17) is 11.6 Å². The molecule has 0 N–H and O–H groups in total. The molecule has 2 aromatic rings. The summed E-state index contributed by atoms with van der Waals surface area (Å²) in [6, 6.07) is 10.7. The SMILES string of the molecule is CC(=O)C1=CC=C(N(Cc2cc(C)cs2)CS(=O)(=O)c2ccc(Cl)cc2)CC(C(C)C2C=CSC2C#N)=C1. The molecule has 1 aromatic heterocycles. The van der Waals surface area contributed by atoms with Gasteiger partial charge in [-0.15, -0.1) is 23.1 Å². The van der Waals surface area contributed by atoms with Crippen molar-refractivity contribution in [3.63, 3.8) is 0 Å². The van der Waals surface area contributed by atoms with E-state index in [-0.39, 0.29) is 33.6 Å². The summed E-state index contributed by atoms with van der Waals surface area (Å²) < 4.78 is 27.0. The van der Waals surface area contributed by atoms with Crippen molar-refractivity contribution in [2.45, 2.75) is 43.9 Å². The van der Waals surface area contributed by atoms with Crippen LogP contribution in [0.1, 0.15) is 30.7 Å². The topological polar surface area (TPSA) is 78.2 Å². The fraction of sp³-hybridized carbons (Fsp3) is 0.310. The maximum atomic E-state index is 13.5. The molecule has 3 atom stereocenters. The Balaban J connectivity index is 1.72. The fourth-order valence-corrected chi connectivity index (χ4v) is 7.99. The molecule has 3 unspecified atom stereocenters. The summed E-state index contributed by atoms with van der Waals surface area (Å²) in [5, 5.41) is 13.9. The van der Waals surface area contributed by atoms with Crippen molar-refractivity contribution in [2.75, 3.05) is 5.88 Å². The van der Waals surface area contributed by atoms with Crippen LogP contribution in [-0.4, -0.2) is 30.2 Å². The van der Waals surface area contributed by atoms with E-state index in [0.29, 0.717) is 23.6 Å². The van der Waals surface area contributed by atoms with Crippen LogP contribution in [0.2, 0.25) is 5.02 Å². The Morgan fingerprint density at radius 3 is 2.63 bits per heavy atom. The minimum Gasteiger partial charge on any atom is -0.355 e. The predicted molar refractivity (Wildman–Crippen MR) is 156 cm³/mol. The summed E-state index contributed by atoms with van der Waals surface area (Å²) in [5.74, 6) is -0.277. The van der Waals surface area contributed by atoms with Crippen LogP contribution in [0.5, 0.6) is 0 Å². The molecular formula is C29H29ClN2O3S3. The van der Waals surface area contributed by atoms with Crippen LogP contribution in [0.15, 0.2) is 87.2 Å². The molecule has 0 bridgehead atoms. The number of carbonyl (C=O) groups excluding carboxylic acids is 1. The van der Waals surface area contributed by atoms with Crippen LogP contribution in [0.4, 0.5) is 0 Å². The van der Waals surface area contributed by atoms with Gasteiger partial charge in [-0.25, -0.2) is 8.42 Å². The van der Waals surface area contributed by atoms with Gasteiger partial charge in [-0.05, 0) is 78.6 Å². The predicted octanol–water partition coefficient (Wildman–Crippen LogP) is 7.08. The minimum absolute atomic E-state index is 0.00569. The van der Waals surface area contributed by atoms with E-state index in [9.17, 15) is 18.5 Å². The highest BCUT2D eigenvalue weighted by atomic mass is 35.5. The summed E-state index contributed by atoms with van der Waals surface area (Å²) in [5.41, 5.74) is 3.51. The number of carbonyl (C=O) groups is 1. The molecular weight excluding hydrogens is 556 g/mol. The Labute approximate surface area is 238 Å². The highest BCUT2D eigenvalue weighted by Crippen LogP contribution is 2.40. The van der Waals surface area contributed by atoms with E-state index in [1.165, 1.54) is 30.8 Å². The van der Waals surface area contributed by atoms with Crippen molar-refractivity contribution in [3.05, 3.63) is 97.7 Å². The number of nitriles is 1. The first kappa shape index (κ1) is 28.4. The lowest BCUT2D eigenvalue weighted by Crippen LogP contribution is -2.30. The standard InChI is InChI=1S/C29H29ClN2O3S3/c1-19-12-26(37-17-19)16-32(18-38(34,35)27-8-5-24(30)6-9-27)25-7-4-22(21(3)33)13-23(14-25)20(2)28-10-11-36-29(28)15-31/h4-13,17,20,28-29H,14,16,18H2,1-3H3. The van der Waals surface area contributed by atoms with Gasteiger partial charge >= 0.3 is 0 Å². The molecule has 0 saturated heterocycles. The molecule has 0 fully saturated rings. The minimum atomic E-state index is -3.68. The average molecular weight is 585 g/mol. The second kappa shape index (κ2) is 12.1. The number of rotatable bonds is 9. The molecule has 0 spiro atoms. The molecule has 0 saturated carbocycles. The van der Waals surface area contributed by atoms with Crippen LogP contribution in [-0.2, 0) is 21.2 Å². The Hall–Kier alpha value is -2.57. The lowest BCUT2D eigenvalue weighted by Gasteiger charge is -2.30. The van der Waals surface area contributed by atoms with Gasteiger partial charge < -0.3 is 4.90 Å². The van der Waals surface area contributed by atoms with Crippen LogP contribution in [0, 0.1) is 30.1 Å². The first-order valence-corrected chi connectivity index (χ1v) is 16.0. The van der Waals surface area contributed by atoms with Gasteiger partial charge in [-0.1, -0.05) is 36.2 Å². The van der Waals surface area contributed by atoms with Gasteiger partial charge in [0.1, 0.15) is 11.1 Å². The lowest BCUT2D eigenvalue weighted by molar-refractivity contribution is -0.113. The Morgan fingerprint density at radius 2 is 2.00 bits per heavy atom. The van der Waals surface area contributed by atoms with Gasteiger partial charge in [-0.2, -0.15) is 5.26 Å². The van der Waals surface area contributed by atoms with E-state index in [0.717, 1.165) is 21.7 Å². The van der Waals surface area contributed by atoms with E-state index in [2.05, 4.69) is 30.5 Å². The van der Waals surface area contributed by atoms with Gasteiger partial charge in [0.15, 0.2) is 15.6 Å². The van der Waals surface area contributed by atoms with Crippen molar-refractivity contribution in [1.29, 1.82) is 5.26 Å². The summed E-state index contributed by atoms with van der Waals surface area (Å²) >= 11 is 9.10. The average Bonchev–Trinajstić information content (AvgIpc) is 3.45. The number of thioether (sulfide) groups is 1. The Morgan fingerprint density at radius 1 is 1.26 bits per heavy atom. The molecule has 5 nitrogen and oxygen atoms in total. The number of allylic oxidation sites excluding steroid dienone is 6. The number of sulfone groups is 1. The third-order valence-corrected chi connectivity index (χ3v) is 10.7. The number of nitrogens with zero attached hydrogens (tertiary/aromatic N) is 2. The Kier molecular flexibility index (Phi) is 9.04. The van der Waals surface area contributed by atoms with Crippen molar-refractivity contribution >= 4 is 50.3 Å². The van der Waals surface area contributed by atoms with Crippen LogP contribution >= 0.6 is 34.7 Å². The molecule has 2 heterocycles. The number of halogens is 1. The van der Waals surface area contributed by atoms with Gasteiger partial charge in [-0.3, -0.25) is 4.79 Å². The van der Waals surface area contributed by atoms with Crippen LogP contribution in [0.3, 0.4) is 0 Å². The first-order chi connectivity index (χ1) is 18.1. The quantitative estimate of drug-likeness (QED) is 0.313. The molecule has 198 valence electrons. The molecule has 0 amide bonds. The zero-order chi connectivity index (χ0) is 27.4. The number of hydrogen-bond donors (Lipinski definition) is 0. The van der Waals surface area contributed by atoms with Gasteiger partial charge in [0, 0.05) is 33.5 Å². The molecule has 38 heavy (non-hydrogen) atoms. The second-order valence-electron chi connectivity index (χ2n) is 9.60. The summed E-state index contributed by atoms with van der Waals surface area (Å²) in [7, 11) is -3.68. The van der Waals surface area contributed by atoms with Gasteiger partial charge in [0.05, 0.1) is 17.5 Å². The van der Waals surface area contributed by atoms with E-state index < -0.39 is 9.84 Å². The van der Waals surface area contributed by atoms with Crippen LogP contribution in [0.25, 0.3) is 0 Å². The summed E-state index contributed by atoms with van der Waals surface area (Å²) in [6.45, 7) is 6.05. The van der Waals surface area contributed by atoms with Gasteiger partial charge in [0.25, 0.3) is 0 Å². The lowest BCUT2D eigenvalue weighted by atomic mass is 9.82. The maximum Gasteiger partial charge on any atom is 0.196 e. The molecule has 9 heteroatoms. The second-order valence-corrected chi connectivity index (χ2v) is 14.0. The van der Waals surface area contributed by atoms with Crippen LogP contribution < -0.4 is 0 Å². The number of aryl methyl sites for hydroxylation is 1. The van der Waals surface area contributed by atoms with Gasteiger partial charge in [0.2, 0.25) is 0 Å². The fourth-order valence-electron chi connectivity index (χ4n) is 4.60. The molecule has 1 aliphatic carbocycles. The molecule has 4 rings (SSSR count).